The third kappa shape index (κ3) is 6.20. The van der Waals surface area contributed by atoms with Crippen molar-refractivity contribution in [1.82, 2.24) is 4.90 Å². The molecule has 0 saturated heterocycles. The van der Waals surface area contributed by atoms with Gasteiger partial charge in [-0.3, -0.25) is 14.4 Å². The fraction of sp³-hybridized carbons (Fsp3) is 0.429. The van der Waals surface area contributed by atoms with E-state index in [2.05, 4.69) is 4.74 Å². The first-order chi connectivity index (χ1) is 10.8. The summed E-state index contributed by atoms with van der Waals surface area (Å²) in [6.45, 7) is -0.0159. The Morgan fingerprint density at radius 1 is 1.13 bits per heavy atom. The van der Waals surface area contributed by atoms with E-state index >= 15 is 0 Å². The molecule has 9 heteroatoms. The minimum Gasteiger partial charge on any atom is -0.468 e. The van der Waals surface area contributed by atoms with Gasteiger partial charge in [-0.2, -0.15) is 0 Å². The van der Waals surface area contributed by atoms with Gasteiger partial charge in [0.05, 0.1) is 7.11 Å². The summed E-state index contributed by atoms with van der Waals surface area (Å²) in [5.74, 6) is -2.48. The van der Waals surface area contributed by atoms with Gasteiger partial charge in [0.2, 0.25) is 5.76 Å². The molecule has 9 nitrogen and oxygen atoms in total. The summed E-state index contributed by atoms with van der Waals surface area (Å²) >= 11 is 0. The van der Waals surface area contributed by atoms with Crippen molar-refractivity contribution in [3.05, 3.63) is 17.9 Å². The zero-order valence-corrected chi connectivity index (χ0v) is 13.0. The second kappa shape index (κ2) is 8.57. The number of hydrogen-bond acceptors (Lipinski definition) is 8. The van der Waals surface area contributed by atoms with E-state index in [1.165, 1.54) is 33.2 Å². The molecule has 0 fully saturated rings. The van der Waals surface area contributed by atoms with Crippen LogP contribution in [0.15, 0.2) is 16.5 Å². The molecular weight excluding hydrogens is 310 g/mol. The van der Waals surface area contributed by atoms with Crippen LogP contribution in [0.2, 0.25) is 0 Å². The van der Waals surface area contributed by atoms with Crippen LogP contribution in [-0.4, -0.2) is 62.4 Å². The number of ketones is 1. The molecule has 1 aromatic heterocycles. The molecule has 0 saturated carbocycles. The van der Waals surface area contributed by atoms with E-state index in [1.807, 2.05) is 0 Å². The van der Waals surface area contributed by atoms with E-state index in [0.717, 1.165) is 4.90 Å². The molecule has 1 rings (SSSR count). The SMILES string of the molecule is COc1ccc(C(=O)OCC(=O)N(C)CC(=O)OCC(C)=O)o1. The quantitative estimate of drug-likeness (QED) is 0.615. The van der Waals surface area contributed by atoms with Crippen LogP contribution in [0.25, 0.3) is 0 Å². The highest BCUT2D eigenvalue weighted by Crippen LogP contribution is 2.15. The van der Waals surface area contributed by atoms with Gasteiger partial charge in [0.15, 0.2) is 12.4 Å². The Bertz CT molecular complexity index is 591. The van der Waals surface area contributed by atoms with E-state index in [4.69, 9.17) is 13.9 Å². The van der Waals surface area contributed by atoms with Crippen LogP contribution in [0.5, 0.6) is 5.95 Å². The molecule has 1 amide bonds. The average Bonchev–Trinajstić information content (AvgIpc) is 2.99. The molecule has 23 heavy (non-hydrogen) atoms. The molecule has 0 radical (unpaired) electrons. The van der Waals surface area contributed by atoms with Crippen LogP contribution < -0.4 is 4.74 Å². The van der Waals surface area contributed by atoms with Crippen molar-refractivity contribution < 1.29 is 37.8 Å². The molecule has 0 aliphatic rings. The number of esters is 2. The zero-order chi connectivity index (χ0) is 17.4. The maximum atomic E-state index is 11.7. The normalized spacial score (nSPS) is 9.87. The van der Waals surface area contributed by atoms with Crippen LogP contribution in [0, 0.1) is 0 Å². The highest BCUT2D eigenvalue weighted by atomic mass is 16.6. The predicted molar refractivity (Wildman–Crippen MR) is 74.8 cm³/mol. The summed E-state index contributed by atoms with van der Waals surface area (Å²) in [6, 6.07) is 2.77. The van der Waals surface area contributed by atoms with E-state index in [9.17, 15) is 19.2 Å². The van der Waals surface area contributed by atoms with Crippen molar-refractivity contribution in [1.29, 1.82) is 0 Å². The Morgan fingerprint density at radius 3 is 2.39 bits per heavy atom. The Balaban J connectivity index is 2.38. The predicted octanol–water partition coefficient (Wildman–Crippen LogP) is 0.0356. The number of carbonyl (C=O) groups is 4. The van der Waals surface area contributed by atoms with Gasteiger partial charge < -0.3 is 23.5 Å². The number of ether oxygens (including phenoxy) is 3. The average molecular weight is 327 g/mol. The summed E-state index contributed by atoms with van der Waals surface area (Å²) in [5.41, 5.74) is 0. The maximum absolute atomic E-state index is 11.7. The van der Waals surface area contributed by atoms with E-state index in [1.54, 1.807) is 0 Å². The summed E-state index contributed by atoms with van der Waals surface area (Å²) < 4.78 is 19.1. The second-order valence-corrected chi connectivity index (χ2v) is 4.51. The Morgan fingerprint density at radius 2 is 1.83 bits per heavy atom. The lowest BCUT2D eigenvalue weighted by Crippen LogP contribution is -2.36. The lowest BCUT2D eigenvalue weighted by molar-refractivity contribution is -0.151. The molecule has 126 valence electrons. The van der Waals surface area contributed by atoms with Crippen molar-refractivity contribution in [2.75, 3.05) is 33.9 Å². The smallest absolute Gasteiger partial charge is 0.374 e. The largest absolute Gasteiger partial charge is 0.468 e. The van der Waals surface area contributed by atoms with Crippen LogP contribution in [0.4, 0.5) is 0 Å². The van der Waals surface area contributed by atoms with E-state index < -0.39 is 24.5 Å². The standard InChI is InChI=1S/C14H17NO8/c1-9(16)7-21-12(18)6-15(2)11(17)8-22-14(19)10-4-5-13(20-3)23-10/h4-5H,6-8H2,1-3H3. The van der Waals surface area contributed by atoms with Crippen molar-refractivity contribution in [2.24, 2.45) is 0 Å². The van der Waals surface area contributed by atoms with Gasteiger partial charge in [-0.1, -0.05) is 0 Å². The second-order valence-electron chi connectivity index (χ2n) is 4.51. The first kappa shape index (κ1) is 18.2. The zero-order valence-electron chi connectivity index (χ0n) is 13.0. The van der Waals surface area contributed by atoms with Gasteiger partial charge in [0, 0.05) is 13.1 Å². The maximum Gasteiger partial charge on any atom is 0.374 e. The molecule has 0 aromatic carbocycles. The third-order valence-electron chi connectivity index (χ3n) is 2.54. The van der Waals surface area contributed by atoms with Gasteiger partial charge in [-0.25, -0.2) is 4.79 Å². The summed E-state index contributed by atoms with van der Waals surface area (Å²) in [6.07, 6.45) is 0. The Hall–Kier alpha value is -2.84. The molecule has 0 bridgehead atoms. The first-order valence-electron chi connectivity index (χ1n) is 6.53. The van der Waals surface area contributed by atoms with Crippen molar-refractivity contribution in [3.8, 4) is 5.95 Å². The number of furan rings is 1. The lowest BCUT2D eigenvalue weighted by atomic mass is 10.4. The number of amides is 1. The van der Waals surface area contributed by atoms with Gasteiger partial charge >= 0.3 is 11.9 Å². The molecule has 1 aromatic rings. The fourth-order valence-electron chi connectivity index (χ4n) is 1.36. The van der Waals surface area contributed by atoms with Gasteiger partial charge in [0.1, 0.15) is 13.2 Å². The fourth-order valence-corrected chi connectivity index (χ4v) is 1.36. The van der Waals surface area contributed by atoms with E-state index in [0.29, 0.717) is 0 Å². The minimum atomic E-state index is -0.839. The van der Waals surface area contributed by atoms with Crippen LogP contribution in [0.3, 0.4) is 0 Å². The number of likely N-dealkylation sites (N-methyl/N-ethyl adjacent to an activating group) is 1. The molecule has 0 N–H and O–H groups in total. The van der Waals surface area contributed by atoms with Crippen molar-refractivity contribution in [2.45, 2.75) is 6.92 Å². The monoisotopic (exact) mass is 327 g/mol. The van der Waals surface area contributed by atoms with Crippen LogP contribution >= 0.6 is 0 Å². The van der Waals surface area contributed by atoms with Gasteiger partial charge in [0.25, 0.3) is 11.9 Å². The number of hydrogen-bond donors (Lipinski definition) is 0. The summed E-state index contributed by atoms with van der Waals surface area (Å²) in [5, 5.41) is 0. The van der Waals surface area contributed by atoms with Crippen LogP contribution in [-0.2, 0) is 23.9 Å². The Labute approximate surface area is 132 Å². The number of Topliss-reactive ketones (excluding diaryl/α,β-unsaturated/α-hetero) is 1. The van der Waals surface area contributed by atoms with Gasteiger partial charge in [-0.15, -0.1) is 0 Å². The third-order valence-corrected chi connectivity index (χ3v) is 2.54. The van der Waals surface area contributed by atoms with Crippen molar-refractivity contribution in [3.63, 3.8) is 0 Å². The highest BCUT2D eigenvalue weighted by molar-refractivity contribution is 5.89. The molecule has 1 heterocycles. The minimum absolute atomic E-state index is 0.113. The lowest BCUT2D eigenvalue weighted by Gasteiger charge is -2.15. The van der Waals surface area contributed by atoms with Crippen molar-refractivity contribution >= 4 is 23.6 Å². The molecule has 0 unspecified atom stereocenters. The summed E-state index contributed by atoms with van der Waals surface area (Å²) in [7, 11) is 2.71. The number of methoxy groups -OCH3 is 1. The Kier molecular flexibility index (Phi) is 6.78. The summed E-state index contributed by atoms with van der Waals surface area (Å²) in [4.78, 5) is 46.4. The topological polar surface area (TPSA) is 112 Å². The van der Waals surface area contributed by atoms with E-state index in [-0.39, 0.29) is 30.6 Å². The molecule has 0 atom stereocenters. The number of rotatable bonds is 8. The molecular formula is C14H17NO8. The van der Waals surface area contributed by atoms with Gasteiger partial charge in [-0.05, 0) is 13.0 Å². The molecule has 0 aliphatic carbocycles. The molecule has 0 aliphatic heterocycles. The van der Waals surface area contributed by atoms with Crippen LogP contribution in [0.1, 0.15) is 17.5 Å². The number of nitrogens with zero attached hydrogens (tertiary/aromatic N) is 1. The molecule has 0 spiro atoms. The highest BCUT2D eigenvalue weighted by Gasteiger charge is 2.18. The number of carbonyl (C=O) groups excluding carboxylic acids is 4. The first-order valence-corrected chi connectivity index (χ1v) is 6.53.